The highest BCUT2D eigenvalue weighted by molar-refractivity contribution is 6.02. The quantitative estimate of drug-likeness (QED) is 0.540. The van der Waals surface area contributed by atoms with Gasteiger partial charge in [-0.25, -0.2) is 4.79 Å². The molecule has 0 unspecified atom stereocenters. The van der Waals surface area contributed by atoms with E-state index in [1.165, 1.54) is 0 Å². The van der Waals surface area contributed by atoms with E-state index in [0.717, 1.165) is 0 Å². The summed E-state index contributed by atoms with van der Waals surface area (Å²) in [6.45, 7) is 5.57. The second kappa shape index (κ2) is 2.84. The van der Waals surface area contributed by atoms with Crippen LogP contribution in [-0.4, -0.2) is 23.0 Å². The van der Waals surface area contributed by atoms with Crippen LogP contribution in [0.3, 0.4) is 0 Å². The lowest BCUT2D eigenvalue weighted by Crippen LogP contribution is -2.73. The summed E-state index contributed by atoms with van der Waals surface area (Å²) in [5.41, 5.74) is -1.62. The van der Waals surface area contributed by atoms with E-state index < -0.39 is 11.1 Å². The third-order valence-corrected chi connectivity index (χ3v) is 3.54. The summed E-state index contributed by atoms with van der Waals surface area (Å²) in [6.07, 6.45) is 4.18. The molecule has 2 aliphatic heterocycles. The molecule has 0 radical (unpaired) electrons. The minimum absolute atomic E-state index is 0.0936. The fourth-order valence-corrected chi connectivity index (χ4v) is 2.66. The molecule has 0 saturated carbocycles. The zero-order chi connectivity index (χ0) is 11.3. The van der Waals surface area contributed by atoms with Crippen LogP contribution in [0.4, 0.5) is 0 Å². The fraction of sp³-hybridized carbons (Fsp3) is 0.636. The monoisotopic (exact) mass is 209 g/mol. The number of nitrogens with one attached hydrogen (secondary N) is 1. The minimum Gasteiger partial charge on any atom is -0.453 e. The summed E-state index contributed by atoms with van der Waals surface area (Å²) < 4.78 is 5.21. The van der Waals surface area contributed by atoms with Crippen LogP contribution >= 0.6 is 0 Å². The van der Waals surface area contributed by atoms with E-state index in [-0.39, 0.29) is 17.8 Å². The van der Waals surface area contributed by atoms with Crippen LogP contribution in [0.2, 0.25) is 0 Å². The predicted octanol–water partition coefficient (Wildman–Crippen LogP) is 0.773. The number of carbonyl (C=O) groups excluding carboxylic acids is 2. The Hall–Kier alpha value is -1.32. The molecule has 0 aromatic carbocycles. The first-order valence-corrected chi connectivity index (χ1v) is 5.21. The molecule has 0 aromatic rings. The molecular weight excluding hydrogens is 194 g/mol. The van der Waals surface area contributed by atoms with Gasteiger partial charge in [0.05, 0.1) is 5.92 Å². The molecule has 3 atom stereocenters. The van der Waals surface area contributed by atoms with Crippen molar-refractivity contribution in [1.29, 1.82) is 0 Å². The van der Waals surface area contributed by atoms with Crippen LogP contribution in [0.5, 0.6) is 0 Å². The van der Waals surface area contributed by atoms with Gasteiger partial charge in [0, 0.05) is 0 Å². The summed E-state index contributed by atoms with van der Waals surface area (Å²) in [5.74, 6) is -0.692. The Morgan fingerprint density at radius 2 is 2.20 bits per heavy atom. The molecule has 0 spiro atoms. The van der Waals surface area contributed by atoms with Gasteiger partial charge in [-0.3, -0.25) is 4.79 Å². The van der Waals surface area contributed by atoms with Crippen molar-refractivity contribution >= 4 is 11.9 Å². The molecule has 15 heavy (non-hydrogen) atoms. The molecule has 2 aliphatic rings. The standard InChI is InChI=1S/C11H15NO3/c1-4-6-11-9(14)15-10(11,3)7(5-2)8(13)12-11/h4,6-7H,5H2,1-3H3,(H,12,13)/b6-4+/t7-,10-,11-/m0/s1. The van der Waals surface area contributed by atoms with E-state index in [9.17, 15) is 9.59 Å². The lowest BCUT2D eigenvalue weighted by molar-refractivity contribution is -0.211. The highest BCUT2D eigenvalue weighted by Crippen LogP contribution is 2.50. The predicted molar refractivity (Wildman–Crippen MR) is 54.0 cm³/mol. The molecule has 82 valence electrons. The topological polar surface area (TPSA) is 55.4 Å². The second-order valence-electron chi connectivity index (χ2n) is 4.25. The Labute approximate surface area is 88.7 Å². The number of rotatable bonds is 2. The average molecular weight is 209 g/mol. The average Bonchev–Trinajstić information content (AvgIpc) is 2.33. The first-order chi connectivity index (χ1) is 7.02. The third kappa shape index (κ3) is 0.919. The Bertz CT molecular complexity index is 363. The van der Waals surface area contributed by atoms with Crippen molar-refractivity contribution in [2.75, 3.05) is 0 Å². The van der Waals surface area contributed by atoms with Crippen molar-refractivity contribution in [3.05, 3.63) is 12.2 Å². The van der Waals surface area contributed by atoms with Gasteiger partial charge in [-0.2, -0.15) is 0 Å². The molecular formula is C11H15NO3. The largest absolute Gasteiger partial charge is 0.453 e. The summed E-state index contributed by atoms with van der Waals surface area (Å²) >= 11 is 0. The maximum Gasteiger partial charge on any atom is 0.340 e. The van der Waals surface area contributed by atoms with Gasteiger partial charge in [-0.05, 0) is 26.3 Å². The molecule has 1 N–H and O–H groups in total. The molecule has 4 nitrogen and oxygen atoms in total. The van der Waals surface area contributed by atoms with E-state index >= 15 is 0 Å². The third-order valence-electron chi connectivity index (χ3n) is 3.54. The van der Waals surface area contributed by atoms with E-state index in [2.05, 4.69) is 5.32 Å². The summed E-state index contributed by atoms with van der Waals surface area (Å²) in [6, 6.07) is 0. The van der Waals surface area contributed by atoms with Gasteiger partial charge in [0.2, 0.25) is 5.91 Å². The summed E-state index contributed by atoms with van der Waals surface area (Å²) in [5, 5.41) is 2.76. The Morgan fingerprint density at radius 1 is 1.53 bits per heavy atom. The van der Waals surface area contributed by atoms with Crippen LogP contribution in [0, 0.1) is 5.92 Å². The van der Waals surface area contributed by atoms with Gasteiger partial charge < -0.3 is 10.1 Å². The van der Waals surface area contributed by atoms with Crippen LogP contribution in [-0.2, 0) is 14.3 Å². The van der Waals surface area contributed by atoms with Gasteiger partial charge in [0.15, 0.2) is 11.1 Å². The van der Waals surface area contributed by atoms with Gasteiger partial charge in [0.25, 0.3) is 0 Å². The molecule has 2 rings (SSSR count). The van der Waals surface area contributed by atoms with E-state index in [4.69, 9.17) is 4.74 Å². The van der Waals surface area contributed by atoms with Crippen LogP contribution < -0.4 is 5.32 Å². The summed E-state index contributed by atoms with van der Waals surface area (Å²) in [7, 11) is 0. The van der Waals surface area contributed by atoms with Crippen LogP contribution in [0.25, 0.3) is 0 Å². The van der Waals surface area contributed by atoms with Crippen molar-refractivity contribution < 1.29 is 14.3 Å². The molecule has 0 aliphatic carbocycles. The van der Waals surface area contributed by atoms with Crippen molar-refractivity contribution in [2.45, 2.75) is 38.3 Å². The molecule has 1 amide bonds. The number of amides is 1. The zero-order valence-electron chi connectivity index (χ0n) is 9.16. The Balaban J connectivity index is 2.46. The zero-order valence-corrected chi connectivity index (χ0v) is 9.16. The number of ether oxygens (including phenoxy) is 1. The van der Waals surface area contributed by atoms with Crippen molar-refractivity contribution in [3.8, 4) is 0 Å². The van der Waals surface area contributed by atoms with Crippen LogP contribution in [0.1, 0.15) is 27.2 Å². The van der Waals surface area contributed by atoms with Gasteiger partial charge >= 0.3 is 5.97 Å². The minimum atomic E-state index is -0.917. The van der Waals surface area contributed by atoms with Crippen molar-refractivity contribution in [3.63, 3.8) is 0 Å². The highest BCUT2D eigenvalue weighted by Gasteiger charge is 2.74. The van der Waals surface area contributed by atoms with Gasteiger partial charge in [-0.15, -0.1) is 0 Å². The van der Waals surface area contributed by atoms with E-state index in [1.54, 1.807) is 12.2 Å². The maximum atomic E-state index is 11.7. The Kier molecular flexibility index (Phi) is 1.93. The number of allylic oxidation sites excluding steroid dienone is 1. The van der Waals surface area contributed by atoms with Gasteiger partial charge in [0.1, 0.15) is 0 Å². The summed E-state index contributed by atoms with van der Waals surface area (Å²) in [4.78, 5) is 23.3. The van der Waals surface area contributed by atoms with Gasteiger partial charge in [-0.1, -0.05) is 13.0 Å². The molecule has 2 fully saturated rings. The molecule has 0 aromatic heterocycles. The SMILES string of the molecule is C/C=C/[C@@]12NC(=O)[C@H](CC)[C@]1(C)OC2=O. The second-order valence-corrected chi connectivity index (χ2v) is 4.25. The number of esters is 1. The lowest BCUT2D eigenvalue weighted by Gasteiger charge is -2.49. The highest BCUT2D eigenvalue weighted by atomic mass is 16.6. The number of hydrogen-bond donors (Lipinski definition) is 1. The number of hydrogen-bond acceptors (Lipinski definition) is 3. The van der Waals surface area contributed by atoms with E-state index in [1.807, 2.05) is 20.8 Å². The van der Waals surface area contributed by atoms with Crippen LogP contribution in [0.15, 0.2) is 12.2 Å². The maximum absolute atomic E-state index is 11.7. The fourth-order valence-electron chi connectivity index (χ4n) is 2.66. The number of fused-ring (bicyclic) bond motifs is 1. The van der Waals surface area contributed by atoms with E-state index in [0.29, 0.717) is 6.42 Å². The first kappa shape index (κ1) is 10.2. The number of carbonyl (C=O) groups is 2. The first-order valence-electron chi connectivity index (χ1n) is 5.21. The lowest BCUT2D eigenvalue weighted by atomic mass is 9.71. The molecule has 4 heteroatoms. The molecule has 2 heterocycles. The van der Waals surface area contributed by atoms with Crippen molar-refractivity contribution in [2.24, 2.45) is 5.92 Å². The normalized spacial score (nSPS) is 43.5. The smallest absolute Gasteiger partial charge is 0.340 e. The molecule has 2 saturated heterocycles. The van der Waals surface area contributed by atoms with Crippen molar-refractivity contribution in [1.82, 2.24) is 5.32 Å². The molecule has 0 bridgehead atoms. The Morgan fingerprint density at radius 3 is 2.67 bits per heavy atom.